The molecule has 0 aliphatic carbocycles. The standard InChI is InChI=1S/C32H21N2O2.Pt/c35-31-16-7-6-15-28(31)30-21-25(22-9-2-1-3-10-22)20-29(34-30)24-12-8-13-26(19-24)36-32-27-14-5-4-11-23(27)17-18-33-32;/h1-18,20-21,35H;/q-1;. The minimum atomic E-state index is 0. The van der Waals surface area contributed by atoms with E-state index < -0.39 is 0 Å². The number of rotatable bonds is 5. The van der Waals surface area contributed by atoms with Crippen LogP contribution in [0.1, 0.15) is 0 Å². The number of pyridine rings is 2. The van der Waals surface area contributed by atoms with Gasteiger partial charge in [-0.05, 0) is 52.5 Å². The number of nitrogens with zero attached hydrogens (tertiary/aromatic N) is 2. The third-order valence-electron chi connectivity index (χ3n) is 6.00. The van der Waals surface area contributed by atoms with E-state index >= 15 is 0 Å². The molecule has 5 heteroatoms. The van der Waals surface area contributed by atoms with Gasteiger partial charge >= 0.3 is 0 Å². The van der Waals surface area contributed by atoms with Crippen molar-refractivity contribution in [2.24, 2.45) is 0 Å². The van der Waals surface area contributed by atoms with Crippen molar-refractivity contribution in [1.82, 2.24) is 9.97 Å². The van der Waals surface area contributed by atoms with Gasteiger partial charge in [-0.2, -0.15) is 0 Å². The molecule has 6 aromatic rings. The Kier molecular flexibility index (Phi) is 7.11. The van der Waals surface area contributed by atoms with Crippen LogP contribution in [0, 0.1) is 6.07 Å². The van der Waals surface area contributed by atoms with Crippen LogP contribution in [-0.2, 0) is 21.1 Å². The second kappa shape index (κ2) is 10.8. The smallest absolute Gasteiger partial charge is 0.225 e. The number of benzene rings is 4. The average molecular weight is 661 g/mol. The number of fused-ring (bicyclic) bond motifs is 1. The van der Waals surface area contributed by atoms with Gasteiger partial charge in [0.25, 0.3) is 0 Å². The molecule has 182 valence electrons. The molecule has 0 bridgehead atoms. The molecule has 0 aliphatic rings. The quantitative estimate of drug-likeness (QED) is 0.191. The van der Waals surface area contributed by atoms with E-state index in [1.54, 1.807) is 18.3 Å². The second-order valence-electron chi connectivity index (χ2n) is 8.38. The fourth-order valence-corrected chi connectivity index (χ4v) is 4.23. The zero-order chi connectivity index (χ0) is 24.3. The van der Waals surface area contributed by atoms with Crippen LogP contribution in [0.5, 0.6) is 17.4 Å². The number of aromatic nitrogens is 2. The summed E-state index contributed by atoms with van der Waals surface area (Å²) < 4.78 is 6.17. The number of phenols is 1. The van der Waals surface area contributed by atoms with Crippen molar-refractivity contribution < 1.29 is 30.9 Å². The number of aromatic hydroxyl groups is 1. The van der Waals surface area contributed by atoms with Crippen LogP contribution in [0.3, 0.4) is 0 Å². The SMILES string of the molecule is Oc1ccccc1-c1cc(-c2ccccc2)cc(-c2[c-]c(Oc3nccc4ccccc34)ccc2)n1.[Pt]. The largest absolute Gasteiger partial charge is 0.507 e. The summed E-state index contributed by atoms with van der Waals surface area (Å²) >= 11 is 0. The van der Waals surface area contributed by atoms with Crippen molar-refractivity contribution in [2.75, 3.05) is 0 Å². The summed E-state index contributed by atoms with van der Waals surface area (Å²) in [7, 11) is 0. The topological polar surface area (TPSA) is 55.2 Å². The molecule has 1 N–H and O–H groups in total. The third kappa shape index (κ3) is 5.16. The summed E-state index contributed by atoms with van der Waals surface area (Å²) in [4.78, 5) is 9.33. The molecule has 0 spiro atoms. The van der Waals surface area contributed by atoms with Gasteiger partial charge in [0, 0.05) is 44.0 Å². The Labute approximate surface area is 229 Å². The Morgan fingerprint density at radius 1 is 0.676 bits per heavy atom. The Hall–Kier alpha value is -4.27. The first kappa shape index (κ1) is 24.4. The number of ether oxygens (including phenoxy) is 1. The van der Waals surface area contributed by atoms with Gasteiger partial charge in [0.2, 0.25) is 5.88 Å². The van der Waals surface area contributed by atoms with E-state index in [0.717, 1.165) is 33.2 Å². The van der Waals surface area contributed by atoms with Crippen LogP contribution < -0.4 is 4.74 Å². The maximum atomic E-state index is 10.5. The van der Waals surface area contributed by atoms with Gasteiger partial charge in [-0.25, -0.2) is 4.98 Å². The first-order valence-corrected chi connectivity index (χ1v) is 11.6. The van der Waals surface area contributed by atoms with Crippen LogP contribution in [-0.4, -0.2) is 15.1 Å². The zero-order valence-corrected chi connectivity index (χ0v) is 21.9. The fraction of sp³-hybridized carbons (Fsp3) is 0. The predicted molar refractivity (Wildman–Crippen MR) is 143 cm³/mol. The number of hydrogen-bond donors (Lipinski definition) is 1. The summed E-state index contributed by atoms with van der Waals surface area (Å²) in [5, 5.41) is 12.5. The molecule has 2 heterocycles. The van der Waals surface area contributed by atoms with Crippen molar-refractivity contribution in [3.63, 3.8) is 0 Å². The zero-order valence-electron chi connectivity index (χ0n) is 19.6. The average Bonchev–Trinajstić information content (AvgIpc) is 2.94. The van der Waals surface area contributed by atoms with E-state index in [1.165, 1.54) is 0 Å². The van der Waals surface area contributed by atoms with Crippen LogP contribution in [0.2, 0.25) is 0 Å². The van der Waals surface area contributed by atoms with Crippen molar-refractivity contribution in [1.29, 1.82) is 0 Å². The Balaban J connectivity index is 0.00000280. The van der Waals surface area contributed by atoms with Gasteiger partial charge in [0.05, 0.1) is 5.69 Å². The van der Waals surface area contributed by atoms with Crippen molar-refractivity contribution in [2.45, 2.75) is 0 Å². The Morgan fingerprint density at radius 3 is 2.30 bits per heavy atom. The number of phenolic OH excluding ortho intramolecular Hbond substituents is 1. The molecule has 0 fully saturated rings. The molecule has 6 rings (SSSR count). The van der Waals surface area contributed by atoms with E-state index in [-0.39, 0.29) is 26.8 Å². The van der Waals surface area contributed by atoms with E-state index in [0.29, 0.717) is 22.9 Å². The number of para-hydroxylation sites is 1. The summed E-state index contributed by atoms with van der Waals surface area (Å²) in [6.45, 7) is 0. The minimum Gasteiger partial charge on any atom is -0.507 e. The van der Waals surface area contributed by atoms with Gasteiger partial charge in [-0.1, -0.05) is 72.8 Å². The van der Waals surface area contributed by atoms with E-state index in [2.05, 4.69) is 23.2 Å². The maximum absolute atomic E-state index is 10.5. The van der Waals surface area contributed by atoms with Crippen LogP contribution in [0.4, 0.5) is 0 Å². The summed E-state index contributed by atoms with van der Waals surface area (Å²) in [5.74, 6) is 1.26. The molecular formula is C32H21N2O2Pt-. The fourth-order valence-electron chi connectivity index (χ4n) is 4.23. The molecule has 4 nitrogen and oxygen atoms in total. The van der Waals surface area contributed by atoms with Gasteiger partial charge in [0.15, 0.2) is 0 Å². The normalized spacial score (nSPS) is 10.6. The molecule has 4 aromatic carbocycles. The maximum Gasteiger partial charge on any atom is 0.225 e. The van der Waals surface area contributed by atoms with Gasteiger partial charge in [-0.3, -0.25) is 4.98 Å². The Morgan fingerprint density at radius 2 is 1.43 bits per heavy atom. The molecular weight excluding hydrogens is 639 g/mol. The molecule has 0 saturated carbocycles. The summed E-state index contributed by atoms with van der Waals surface area (Å²) in [6.07, 6.45) is 1.74. The predicted octanol–water partition coefficient (Wildman–Crippen LogP) is 7.93. The van der Waals surface area contributed by atoms with Crippen molar-refractivity contribution >= 4 is 10.8 Å². The van der Waals surface area contributed by atoms with E-state index in [4.69, 9.17) is 9.72 Å². The first-order valence-electron chi connectivity index (χ1n) is 11.6. The van der Waals surface area contributed by atoms with Gasteiger partial charge in [0.1, 0.15) is 5.75 Å². The summed E-state index contributed by atoms with van der Waals surface area (Å²) in [6, 6.07) is 40.4. The Bertz CT molecular complexity index is 1680. The van der Waals surface area contributed by atoms with Crippen LogP contribution in [0.25, 0.3) is 44.4 Å². The first-order chi connectivity index (χ1) is 17.7. The van der Waals surface area contributed by atoms with Gasteiger partial charge < -0.3 is 9.84 Å². The molecule has 37 heavy (non-hydrogen) atoms. The molecule has 0 amide bonds. The molecule has 0 atom stereocenters. The molecule has 0 unspecified atom stereocenters. The second-order valence-corrected chi connectivity index (χ2v) is 8.38. The molecule has 0 saturated heterocycles. The molecule has 0 radical (unpaired) electrons. The van der Waals surface area contributed by atoms with E-state index in [9.17, 15) is 5.11 Å². The van der Waals surface area contributed by atoms with Crippen LogP contribution in [0.15, 0.2) is 121 Å². The van der Waals surface area contributed by atoms with Crippen LogP contribution >= 0.6 is 0 Å². The monoisotopic (exact) mass is 660 g/mol. The molecule has 2 aromatic heterocycles. The van der Waals surface area contributed by atoms with Crippen molar-refractivity contribution in [3.8, 4) is 51.0 Å². The van der Waals surface area contributed by atoms with Gasteiger partial charge in [-0.15, -0.1) is 23.8 Å². The molecule has 0 aliphatic heterocycles. The number of hydrogen-bond acceptors (Lipinski definition) is 4. The summed E-state index contributed by atoms with van der Waals surface area (Å²) in [5.41, 5.74) is 4.91. The van der Waals surface area contributed by atoms with E-state index in [1.807, 2.05) is 91.0 Å². The third-order valence-corrected chi connectivity index (χ3v) is 6.00. The van der Waals surface area contributed by atoms with Crippen molar-refractivity contribution in [3.05, 3.63) is 128 Å². The minimum absolute atomic E-state index is 0.